The molecule has 1 N–H and O–H groups in total. The van der Waals surface area contributed by atoms with Crippen LogP contribution in [0.1, 0.15) is 17.5 Å². The third-order valence-electron chi connectivity index (χ3n) is 5.58. The number of rotatable bonds is 8. The molecule has 0 saturated carbocycles. The van der Waals surface area contributed by atoms with Crippen molar-refractivity contribution in [1.29, 1.82) is 0 Å². The number of amidine groups is 1. The van der Waals surface area contributed by atoms with Gasteiger partial charge in [0.25, 0.3) is 0 Å². The first-order chi connectivity index (χ1) is 17.0. The summed E-state index contributed by atoms with van der Waals surface area (Å²) in [5.74, 6) is -0.721. The molecular weight excluding hydrogens is 485 g/mol. The molecule has 1 heterocycles. The highest BCUT2D eigenvalue weighted by Crippen LogP contribution is 2.29. The summed E-state index contributed by atoms with van der Waals surface area (Å²) in [6.45, 7) is 0.897. The van der Waals surface area contributed by atoms with Gasteiger partial charge >= 0.3 is 0 Å². The molecule has 1 aliphatic rings. The topological polar surface area (TPSA) is 61.8 Å². The van der Waals surface area contributed by atoms with E-state index in [9.17, 15) is 14.0 Å². The third kappa shape index (κ3) is 7.16. The Kier molecular flexibility index (Phi) is 8.55. The van der Waals surface area contributed by atoms with Crippen LogP contribution in [-0.4, -0.2) is 40.2 Å². The van der Waals surface area contributed by atoms with Gasteiger partial charge in [0, 0.05) is 24.5 Å². The molecule has 1 unspecified atom stereocenters. The molecule has 2 amide bonds. The maximum Gasteiger partial charge on any atom is 0.234 e. The van der Waals surface area contributed by atoms with Crippen molar-refractivity contribution in [3.63, 3.8) is 0 Å². The average Bonchev–Trinajstić information content (AvgIpc) is 2.86. The number of hydrogen-bond acceptors (Lipinski definition) is 4. The van der Waals surface area contributed by atoms with Crippen LogP contribution < -0.4 is 5.32 Å². The van der Waals surface area contributed by atoms with E-state index in [4.69, 9.17) is 11.6 Å². The Morgan fingerprint density at radius 3 is 2.40 bits per heavy atom. The lowest BCUT2D eigenvalue weighted by Crippen LogP contribution is -2.47. The number of halogens is 2. The fraction of sp³-hybridized carbons (Fsp3) is 0.222. The summed E-state index contributed by atoms with van der Waals surface area (Å²) in [5.41, 5.74) is 2.68. The Morgan fingerprint density at radius 2 is 1.69 bits per heavy atom. The smallest absolute Gasteiger partial charge is 0.234 e. The first-order valence-corrected chi connectivity index (χ1v) is 12.6. The largest absolute Gasteiger partial charge is 0.355 e. The van der Waals surface area contributed by atoms with Crippen molar-refractivity contribution in [2.75, 3.05) is 13.1 Å². The zero-order valence-electron chi connectivity index (χ0n) is 19.0. The van der Waals surface area contributed by atoms with Crippen LogP contribution in [0, 0.1) is 5.82 Å². The number of thioether (sulfide) groups is 1. The molecule has 4 rings (SSSR count). The van der Waals surface area contributed by atoms with E-state index >= 15 is 0 Å². The first kappa shape index (κ1) is 24.9. The van der Waals surface area contributed by atoms with E-state index in [2.05, 4.69) is 10.3 Å². The first-order valence-electron chi connectivity index (χ1n) is 11.4. The Bertz CT molecular complexity index is 1190. The summed E-state index contributed by atoms with van der Waals surface area (Å²) in [4.78, 5) is 32.2. The van der Waals surface area contributed by atoms with Crippen LogP contribution in [-0.2, 0) is 22.4 Å². The van der Waals surface area contributed by atoms with Crippen LogP contribution in [0.25, 0.3) is 0 Å². The molecule has 1 saturated heterocycles. The highest BCUT2D eigenvalue weighted by atomic mass is 35.5. The Hall–Kier alpha value is -3.16. The molecule has 180 valence electrons. The summed E-state index contributed by atoms with van der Waals surface area (Å²) < 4.78 is 13.4. The number of benzene rings is 3. The Labute approximate surface area is 213 Å². The van der Waals surface area contributed by atoms with Gasteiger partial charge in [0.15, 0.2) is 5.17 Å². The zero-order valence-corrected chi connectivity index (χ0v) is 20.6. The monoisotopic (exact) mass is 509 g/mol. The molecule has 0 spiro atoms. The number of nitrogens with zero attached hydrogens (tertiary/aromatic N) is 2. The van der Waals surface area contributed by atoms with Crippen molar-refractivity contribution in [1.82, 2.24) is 10.2 Å². The molecule has 1 fully saturated rings. The summed E-state index contributed by atoms with van der Waals surface area (Å²) >= 11 is 7.24. The minimum absolute atomic E-state index is 0.0882. The minimum Gasteiger partial charge on any atom is -0.355 e. The standard InChI is InChI=1S/C27H25ClFN3O2S/c28-21-8-6-20(7-9-21)15-17-32-25(33)18-24(26(34)30-16-14-19-4-2-1-3-5-19)35-27(32)31-23-12-10-22(29)11-13-23/h1-13,24H,14-18H2,(H,30,34). The van der Waals surface area contributed by atoms with Gasteiger partial charge in [-0.05, 0) is 60.4 Å². The average molecular weight is 510 g/mol. The molecule has 8 heteroatoms. The van der Waals surface area contributed by atoms with Crippen LogP contribution in [0.15, 0.2) is 83.9 Å². The maximum absolute atomic E-state index is 13.4. The predicted octanol–water partition coefficient (Wildman–Crippen LogP) is 5.40. The molecule has 0 aliphatic carbocycles. The number of amides is 2. The van der Waals surface area contributed by atoms with E-state index in [1.807, 2.05) is 54.6 Å². The van der Waals surface area contributed by atoms with Crippen LogP contribution in [0.5, 0.6) is 0 Å². The number of nitrogens with one attached hydrogen (secondary N) is 1. The lowest BCUT2D eigenvalue weighted by molar-refractivity contribution is -0.130. The maximum atomic E-state index is 13.4. The second-order valence-corrected chi connectivity index (χ2v) is 9.74. The van der Waals surface area contributed by atoms with E-state index in [1.54, 1.807) is 17.0 Å². The van der Waals surface area contributed by atoms with Gasteiger partial charge in [0.2, 0.25) is 11.8 Å². The van der Waals surface area contributed by atoms with Crippen molar-refractivity contribution in [3.05, 3.63) is 101 Å². The zero-order chi connectivity index (χ0) is 24.6. The van der Waals surface area contributed by atoms with Crippen LogP contribution in [0.2, 0.25) is 5.02 Å². The van der Waals surface area contributed by atoms with E-state index in [-0.39, 0.29) is 24.1 Å². The quantitative estimate of drug-likeness (QED) is 0.442. The molecular formula is C27H25ClFN3O2S. The van der Waals surface area contributed by atoms with Gasteiger partial charge in [-0.3, -0.25) is 14.5 Å². The van der Waals surface area contributed by atoms with Crippen LogP contribution in [0.3, 0.4) is 0 Å². The molecule has 0 bridgehead atoms. The summed E-state index contributed by atoms with van der Waals surface area (Å²) in [7, 11) is 0. The lowest BCUT2D eigenvalue weighted by Gasteiger charge is -2.32. The second-order valence-electron chi connectivity index (χ2n) is 8.13. The fourth-order valence-corrected chi connectivity index (χ4v) is 4.94. The molecule has 35 heavy (non-hydrogen) atoms. The van der Waals surface area contributed by atoms with Crippen molar-refractivity contribution >= 4 is 46.0 Å². The van der Waals surface area contributed by atoms with Gasteiger partial charge in [-0.25, -0.2) is 9.38 Å². The number of carbonyl (C=O) groups is 2. The predicted molar refractivity (Wildman–Crippen MR) is 140 cm³/mol. The summed E-state index contributed by atoms with van der Waals surface area (Å²) in [5, 5.41) is 3.45. The van der Waals surface area contributed by atoms with E-state index in [0.29, 0.717) is 41.8 Å². The van der Waals surface area contributed by atoms with E-state index in [0.717, 1.165) is 11.1 Å². The van der Waals surface area contributed by atoms with Crippen molar-refractivity contribution in [2.24, 2.45) is 4.99 Å². The normalized spacial score (nSPS) is 17.0. The number of carbonyl (C=O) groups excluding carboxylic acids is 2. The van der Waals surface area contributed by atoms with Gasteiger partial charge < -0.3 is 5.32 Å². The highest BCUT2D eigenvalue weighted by Gasteiger charge is 2.35. The van der Waals surface area contributed by atoms with Gasteiger partial charge in [0.05, 0.1) is 10.9 Å². The second kappa shape index (κ2) is 12.0. The molecule has 3 aromatic rings. The van der Waals surface area contributed by atoms with Gasteiger partial charge in [-0.15, -0.1) is 0 Å². The van der Waals surface area contributed by atoms with Crippen molar-refractivity contribution in [2.45, 2.75) is 24.5 Å². The fourth-order valence-electron chi connectivity index (χ4n) is 3.67. The summed E-state index contributed by atoms with van der Waals surface area (Å²) in [6.07, 6.45) is 1.41. The van der Waals surface area contributed by atoms with Gasteiger partial charge in [-0.2, -0.15) is 0 Å². The van der Waals surface area contributed by atoms with E-state index in [1.165, 1.54) is 23.9 Å². The molecule has 5 nitrogen and oxygen atoms in total. The van der Waals surface area contributed by atoms with Crippen LogP contribution >= 0.6 is 23.4 Å². The summed E-state index contributed by atoms with van der Waals surface area (Å²) in [6, 6.07) is 23.1. The molecule has 1 atom stereocenters. The number of hydrogen-bond donors (Lipinski definition) is 1. The van der Waals surface area contributed by atoms with Gasteiger partial charge in [0.1, 0.15) is 5.82 Å². The Balaban J connectivity index is 1.46. The molecule has 1 aliphatic heterocycles. The molecule has 0 radical (unpaired) electrons. The highest BCUT2D eigenvalue weighted by molar-refractivity contribution is 8.15. The van der Waals surface area contributed by atoms with Crippen molar-refractivity contribution < 1.29 is 14.0 Å². The Morgan fingerprint density at radius 1 is 1.00 bits per heavy atom. The van der Waals surface area contributed by atoms with Gasteiger partial charge in [-0.1, -0.05) is 65.8 Å². The van der Waals surface area contributed by atoms with E-state index < -0.39 is 5.25 Å². The molecule has 0 aromatic heterocycles. The SMILES string of the molecule is O=C(NCCc1ccccc1)C1CC(=O)N(CCc2ccc(Cl)cc2)C(=Nc2ccc(F)cc2)S1. The van der Waals surface area contributed by atoms with Crippen molar-refractivity contribution in [3.8, 4) is 0 Å². The minimum atomic E-state index is -0.579. The van der Waals surface area contributed by atoms with Crippen LogP contribution in [0.4, 0.5) is 10.1 Å². The third-order valence-corrected chi connectivity index (χ3v) is 7.02. The number of aliphatic imine (C=N–C) groups is 1. The molecule has 3 aromatic carbocycles. The lowest BCUT2D eigenvalue weighted by atomic mass is 10.1.